The summed E-state index contributed by atoms with van der Waals surface area (Å²) in [5.74, 6) is 2.15. The van der Waals surface area contributed by atoms with Crippen LogP contribution in [0.25, 0.3) is 0 Å². The van der Waals surface area contributed by atoms with Gasteiger partial charge in [-0.05, 0) is 37.5 Å². The van der Waals surface area contributed by atoms with E-state index in [0.29, 0.717) is 0 Å². The topological polar surface area (TPSA) is 0 Å². The summed E-state index contributed by atoms with van der Waals surface area (Å²) in [5.41, 5.74) is 0. The van der Waals surface area contributed by atoms with Crippen LogP contribution in [0.3, 0.4) is 0 Å². The van der Waals surface area contributed by atoms with Crippen molar-refractivity contribution in [2.75, 3.05) is 0 Å². The van der Waals surface area contributed by atoms with Crippen molar-refractivity contribution in [3.8, 4) is 0 Å². The minimum atomic E-state index is 1.07. The molecule has 0 N–H and O–H groups in total. The van der Waals surface area contributed by atoms with Gasteiger partial charge in [0.25, 0.3) is 0 Å². The average molecular weight is 277 g/mol. The van der Waals surface area contributed by atoms with Crippen molar-refractivity contribution in [1.82, 2.24) is 0 Å². The first-order valence-corrected chi connectivity index (χ1v) is 9.60. The Morgan fingerprint density at radius 3 is 1.35 bits per heavy atom. The van der Waals surface area contributed by atoms with E-state index in [4.69, 9.17) is 0 Å². The number of hydrogen-bond donors (Lipinski definition) is 0. The maximum absolute atomic E-state index is 2.46. The summed E-state index contributed by atoms with van der Waals surface area (Å²) in [4.78, 5) is 0. The lowest BCUT2D eigenvalue weighted by atomic mass is 9.85. The minimum Gasteiger partial charge on any atom is -0.0885 e. The molecule has 2 aliphatic rings. The van der Waals surface area contributed by atoms with Crippen LogP contribution >= 0.6 is 0 Å². The Labute approximate surface area is 127 Å². The smallest absolute Gasteiger partial charge is 0.0351 e. The van der Waals surface area contributed by atoms with Gasteiger partial charge in [-0.15, -0.1) is 0 Å². The Kier molecular flexibility index (Phi) is 8.43. The molecule has 0 saturated heterocycles. The third-order valence-electron chi connectivity index (χ3n) is 5.58. The molecule has 0 heteroatoms. The molecule has 0 aliphatic heterocycles. The number of unbranched alkanes of at least 4 members (excludes halogenated alkanes) is 2. The summed E-state index contributed by atoms with van der Waals surface area (Å²) in [7, 11) is 0. The first-order valence-electron chi connectivity index (χ1n) is 9.60. The molecule has 0 amide bonds. The second-order valence-electron chi connectivity index (χ2n) is 7.34. The van der Waals surface area contributed by atoms with Gasteiger partial charge >= 0.3 is 0 Å². The van der Waals surface area contributed by atoms with E-state index < -0.39 is 0 Å². The van der Waals surface area contributed by atoms with Gasteiger partial charge in [0.05, 0.1) is 0 Å². The molecule has 0 aromatic rings. The van der Waals surface area contributed by atoms with E-state index in [0.717, 1.165) is 11.8 Å². The molecule has 0 spiro atoms. The van der Waals surface area contributed by atoms with Gasteiger partial charge < -0.3 is 0 Å². The molecule has 0 atom stereocenters. The highest BCUT2D eigenvalue weighted by Crippen LogP contribution is 2.28. The average Bonchev–Trinajstić information content (AvgIpc) is 2.52. The van der Waals surface area contributed by atoms with Crippen LogP contribution in [0.15, 0.2) is 12.2 Å². The van der Waals surface area contributed by atoms with Gasteiger partial charge in [-0.2, -0.15) is 0 Å². The summed E-state index contributed by atoms with van der Waals surface area (Å²) in [6.07, 6.45) is 28.5. The maximum atomic E-state index is 2.46. The molecule has 0 radical (unpaired) electrons. The fourth-order valence-corrected chi connectivity index (χ4v) is 4.24. The zero-order valence-corrected chi connectivity index (χ0v) is 13.6. The van der Waals surface area contributed by atoms with Crippen molar-refractivity contribution in [3.05, 3.63) is 12.2 Å². The number of allylic oxidation sites excluding steroid dienone is 2. The monoisotopic (exact) mass is 276 g/mol. The highest BCUT2D eigenvalue weighted by atomic mass is 14.2. The summed E-state index contributed by atoms with van der Waals surface area (Å²) in [5, 5.41) is 0. The quantitative estimate of drug-likeness (QED) is 0.329. The third kappa shape index (κ3) is 6.95. The van der Waals surface area contributed by atoms with Crippen LogP contribution in [0.4, 0.5) is 0 Å². The molecular formula is C20H36. The van der Waals surface area contributed by atoms with E-state index in [2.05, 4.69) is 12.2 Å². The molecule has 2 aliphatic carbocycles. The summed E-state index contributed by atoms with van der Waals surface area (Å²) < 4.78 is 0. The van der Waals surface area contributed by atoms with E-state index in [9.17, 15) is 0 Å². The first kappa shape index (κ1) is 16.1. The molecule has 0 aromatic heterocycles. The van der Waals surface area contributed by atoms with Crippen LogP contribution in [0.2, 0.25) is 0 Å². The molecule has 0 nitrogen and oxygen atoms in total. The van der Waals surface area contributed by atoms with Crippen molar-refractivity contribution < 1.29 is 0 Å². The van der Waals surface area contributed by atoms with E-state index in [-0.39, 0.29) is 0 Å². The number of hydrogen-bond acceptors (Lipinski definition) is 0. The van der Waals surface area contributed by atoms with Gasteiger partial charge in [0.2, 0.25) is 0 Å². The Hall–Kier alpha value is -0.260. The Morgan fingerprint density at radius 2 is 0.950 bits per heavy atom. The first-order chi connectivity index (χ1) is 9.95. The van der Waals surface area contributed by atoms with Crippen LogP contribution in [0.1, 0.15) is 103 Å². The summed E-state index contributed by atoms with van der Waals surface area (Å²) >= 11 is 0. The predicted molar refractivity (Wildman–Crippen MR) is 90.0 cm³/mol. The van der Waals surface area contributed by atoms with Crippen LogP contribution in [0, 0.1) is 11.8 Å². The molecule has 20 heavy (non-hydrogen) atoms. The van der Waals surface area contributed by atoms with E-state index in [1.54, 1.807) is 0 Å². The predicted octanol–water partition coefficient (Wildman–Crippen LogP) is 7.04. The zero-order valence-electron chi connectivity index (χ0n) is 13.6. The lowest BCUT2D eigenvalue weighted by Crippen LogP contribution is -2.05. The fourth-order valence-electron chi connectivity index (χ4n) is 4.24. The molecule has 2 rings (SSSR count). The maximum Gasteiger partial charge on any atom is -0.0351 e. The lowest BCUT2D eigenvalue weighted by molar-refractivity contribution is 0.332. The minimum absolute atomic E-state index is 1.07. The molecule has 0 aromatic carbocycles. The molecular weight excluding hydrogens is 240 g/mol. The molecule has 2 fully saturated rings. The zero-order chi connectivity index (χ0) is 13.9. The largest absolute Gasteiger partial charge is 0.0885 e. The lowest BCUT2D eigenvalue weighted by Gasteiger charge is -2.21. The van der Waals surface area contributed by atoms with Gasteiger partial charge in [0.1, 0.15) is 0 Å². The van der Waals surface area contributed by atoms with Crippen molar-refractivity contribution in [2.45, 2.75) is 103 Å². The standard InChI is InChI=1S/C20H36/c1(3-7-13-19-15-9-5-10-16-19)2-4-8-14-20-17-11-6-12-18-20/h1-2,19-20H,3-18H2/b2-1-. The Morgan fingerprint density at radius 1 is 0.550 bits per heavy atom. The van der Waals surface area contributed by atoms with E-state index in [1.165, 1.54) is 103 Å². The molecule has 0 unspecified atom stereocenters. The van der Waals surface area contributed by atoms with Gasteiger partial charge in [0, 0.05) is 0 Å². The van der Waals surface area contributed by atoms with E-state index in [1.807, 2.05) is 0 Å². The van der Waals surface area contributed by atoms with Crippen LogP contribution < -0.4 is 0 Å². The van der Waals surface area contributed by atoms with Crippen molar-refractivity contribution in [3.63, 3.8) is 0 Å². The van der Waals surface area contributed by atoms with Crippen LogP contribution in [-0.4, -0.2) is 0 Å². The fraction of sp³-hybridized carbons (Fsp3) is 0.900. The SMILES string of the molecule is C(=C/CCCC1CCCCC1)/CCCC1CCCCC1. The summed E-state index contributed by atoms with van der Waals surface area (Å²) in [6, 6.07) is 0. The van der Waals surface area contributed by atoms with E-state index >= 15 is 0 Å². The second-order valence-corrected chi connectivity index (χ2v) is 7.34. The molecule has 116 valence electrons. The van der Waals surface area contributed by atoms with Crippen LogP contribution in [-0.2, 0) is 0 Å². The normalized spacial score (nSPS) is 22.6. The second kappa shape index (κ2) is 10.5. The van der Waals surface area contributed by atoms with Gasteiger partial charge in [-0.25, -0.2) is 0 Å². The van der Waals surface area contributed by atoms with Gasteiger partial charge in [0.15, 0.2) is 0 Å². The Bertz CT molecular complexity index is 215. The number of rotatable bonds is 8. The summed E-state index contributed by atoms with van der Waals surface area (Å²) in [6.45, 7) is 0. The van der Waals surface area contributed by atoms with Gasteiger partial charge in [-0.1, -0.05) is 89.2 Å². The Balaban J connectivity index is 1.39. The highest BCUT2D eigenvalue weighted by Gasteiger charge is 2.12. The molecule has 2 saturated carbocycles. The van der Waals surface area contributed by atoms with Crippen molar-refractivity contribution >= 4 is 0 Å². The highest BCUT2D eigenvalue weighted by molar-refractivity contribution is 4.82. The molecule has 0 bridgehead atoms. The molecule has 0 heterocycles. The van der Waals surface area contributed by atoms with Crippen molar-refractivity contribution in [1.29, 1.82) is 0 Å². The van der Waals surface area contributed by atoms with Crippen LogP contribution in [0.5, 0.6) is 0 Å². The third-order valence-corrected chi connectivity index (χ3v) is 5.58. The van der Waals surface area contributed by atoms with Crippen molar-refractivity contribution in [2.24, 2.45) is 11.8 Å². The van der Waals surface area contributed by atoms with Gasteiger partial charge in [-0.3, -0.25) is 0 Å².